The van der Waals surface area contributed by atoms with Gasteiger partial charge in [0, 0.05) is 5.56 Å². The zero-order valence-corrected chi connectivity index (χ0v) is 19.0. The molecule has 3 aromatic rings. The number of sulfonamides is 1. The standard InChI is InChI=1S/C21H12Cl2F3N3O4S/c22-16-7-1-11(9-17(16)23)18-8-4-13(33-18)10-15-19(21(24,25)26)28-29(20(15)30)12-2-5-14(6-3-12)34(27,31)32/h1-10H,(H2,27,31,32). The maximum atomic E-state index is 13.6. The number of halogens is 5. The van der Waals surface area contributed by atoms with Crippen molar-refractivity contribution in [2.75, 3.05) is 5.01 Å². The van der Waals surface area contributed by atoms with Gasteiger partial charge < -0.3 is 4.42 Å². The molecule has 1 aliphatic heterocycles. The summed E-state index contributed by atoms with van der Waals surface area (Å²) < 4.78 is 69.3. The third kappa shape index (κ3) is 4.73. The second-order valence-electron chi connectivity index (χ2n) is 6.99. The smallest absolute Gasteiger partial charge is 0.435 e. The number of furan rings is 1. The molecule has 13 heteroatoms. The summed E-state index contributed by atoms with van der Waals surface area (Å²) in [6.07, 6.45) is -4.02. The Bertz CT molecular complexity index is 1460. The Hall–Kier alpha value is -3.12. The zero-order valence-electron chi connectivity index (χ0n) is 16.7. The minimum absolute atomic E-state index is 0.0344. The number of amides is 1. The van der Waals surface area contributed by atoms with Crippen LogP contribution in [0.25, 0.3) is 17.4 Å². The van der Waals surface area contributed by atoms with E-state index < -0.39 is 33.4 Å². The Labute approximate surface area is 200 Å². The summed E-state index contributed by atoms with van der Waals surface area (Å²) >= 11 is 11.9. The van der Waals surface area contributed by atoms with Gasteiger partial charge in [-0.25, -0.2) is 13.6 Å². The molecule has 0 aliphatic carbocycles. The van der Waals surface area contributed by atoms with Crippen LogP contribution in [0.5, 0.6) is 0 Å². The highest BCUT2D eigenvalue weighted by atomic mass is 35.5. The predicted molar refractivity (Wildman–Crippen MR) is 121 cm³/mol. The van der Waals surface area contributed by atoms with Crippen LogP contribution in [0.3, 0.4) is 0 Å². The number of hydrogen-bond donors (Lipinski definition) is 1. The van der Waals surface area contributed by atoms with Gasteiger partial charge in [0.15, 0.2) is 5.71 Å². The van der Waals surface area contributed by atoms with Gasteiger partial charge in [-0.3, -0.25) is 4.79 Å². The van der Waals surface area contributed by atoms with E-state index in [2.05, 4.69) is 5.10 Å². The van der Waals surface area contributed by atoms with Crippen LogP contribution in [0.2, 0.25) is 10.0 Å². The summed E-state index contributed by atoms with van der Waals surface area (Å²) in [7, 11) is -4.03. The number of primary sulfonamides is 1. The first-order valence-electron chi connectivity index (χ1n) is 9.25. The molecule has 2 heterocycles. The Morgan fingerprint density at radius 2 is 1.68 bits per heavy atom. The van der Waals surface area contributed by atoms with Gasteiger partial charge in [0.2, 0.25) is 10.0 Å². The second-order valence-corrected chi connectivity index (χ2v) is 9.37. The number of hydrazone groups is 1. The van der Waals surface area contributed by atoms with Gasteiger partial charge in [0.05, 0.1) is 26.2 Å². The highest BCUT2D eigenvalue weighted by Gasteiger charge is 2.47. The molecule has 2 N–H and O–H groups in total. The molecule has 0 atom stereocenters. The summed E-state index contributed by atoms with van der Waals surface area (Å²) in [5.41, 5.74) is -1.74. The highest BCUT2D eigenvalue weighted by Crippen LogP contribution is 2.34. The molecule has 7 nitrogen and oxygen atoms in total. The zero-order chi connectivity index (χ0) is 24.8. The van der Waals surface area contributed by atoms with Crippen LogP contribution in [0.4, 0.5) is 18.9 Å². The van der Waals surface area contributed by atoms with E-state index in [0.717, 1.165) is 30.3 Å². The predicted octanol–water partition coefficient (Wildman–Crippen LogP) is 5.25. The summed E-state index contributed by atoms with van der Waals surface area (Å²) in [5.74, 6) is -0.826. The van der Waals surface area contributed by atoms with E-state index in [1.807, 2.05) is 0 Å². The molecule has 2 aromatic carbocycles. The Balaban J connectivity index is 1.70. The largest absolute Gasteiger partial charge is 0.457 e. The number of carbonyl (C=O) groups excluding carboxylic acids is 1. The topological polar surface area (TPSA) is 106 Å². The van der Waals surface area contributed by atoms with Crippen molar-refractivity contribution in [3.63, 3.8) is 0 Å². The van der Waals surface area contributed by atoms with Gasteiger partial charge in [0.25, 0.3) is 5.91 Å². The third-order valence-corrected chi connectivity index (χ3v) is 6.34. The summed E-state index contributed by atoms with van der Waals surface area (Å²) in [6.45, 7) is 0. The number of alkyl halides is 3. The van der Waals surface area contributed by atoms with E-state index in [1.165, 1.54) is 24.3 Å². The van der Waals surface area contributed by atoms with Gasteiger partial charge in [-0.1, -0.05) is 23.2 Å². The van der Waals surface area contributed by atoms with E-state index >= 15 is 0 Å². The van der Waals surface area contributed by atoms with Gasteiger partial charge in [0.1, 0.15) is 11.5 Å². The van der Waals surface area contributed by atoms with Gasteiger partial charge in [-0.05, 0) is 60.7 Å². The van der Waals surface area contributed by atoms with Crippen molar-refractivity contribution in [3.05, 3.63) is 76.0 Å². The molecule has 0 fully saturated rings. The summed E-state index contributed by atoms with van der Waals surface area (Å²) in [4.78, 5) is 12.6. The fourth-order valence-corrected chi connectivity index (χ4v) is 3.90. The first kappa shape index (κ1) is 24.0. The van der Waals surface area contributed by atoms with Crippen molar-refractivity contribution >= 4 is 56.6 Å². The lowest BCUT2D eigenvalue weighted by Crippen LogP contribution is -2.25. The average Bonchev–Trinajstić information content (AvgIpc) is 3.35. The molecule has 0 spiro atoms. The molecular weight excluding hydrogens is 518 g/mol. The molecule has 1 amide bonds. The number of anilines is 1. The van der Waals surface area contributed by atoms with Crippen molar-refractivity contribution in [1.82, 2.24) is 0 Å². The van der Waals surface area contributed by atoms with Crippen molar-refractivity contribution in [2.45, 2.75) is 11.1 Å². The van der Waals surface area contributed by atoms with Crippen LogP contribution < -0.4 is 10.1 Å². The minimum atomic E-state index is -4.95. The molecule has 0 saturated heterocycles. The summed E-state index contributed by atoms with van der Waals surface area (Å²) in [6, 6.07) is 11.9. The van der Waals surface area contributed by atoms with Crippen LogP contribution in [0.1, 0.15) is 5.76 Å². The van der Waals surface area contributed by atoms with E-state index in [9.17, 15) is 26.4 Å². The van der Waals surface area contributed by atoms with Gasteiger partial charge in [-0.15, -0.1) is 0 Å². The highest BCUT2D eigenvalue weighted by molar-refractivity contribution is 7.89. The van der Waals surface area contributed by atoms with Crippen LogP contribution in [0.15, 0.2) is 74.6 Å². The fraction of sp³-hybridized carbons (Fsp3) is 0.0476. The van der Waals surface area contributed by atoms with Crippen LogP contribution >= 0.6 is 23.2 Å². The maximum absolute atomic E-state index is 13.6. The number of nitrogens with two attached hydrogens (primary N) is 1. The van der Waals surface area contributed by atoms with Gasteiger partial charge >= 0.3 is 6.18 Å². The van der Waals surface area contributed by atoms with E-state index in [0.29, 0.717) is 15.6 Å². The minimum Gasteiger partial charge on any atom is -0.457 e. The number of rotatable bonds is 4. The van der Waals surface area contributed by atoms with Crippen molar-refractivity contribution in [3.8, 4) is 11.3 Å². The summed E-state index contributed by atoms with van der Waals surface area (Å²) in [5, 5.41) is 9.53. The SMILES string of the molecule is NS(=O)(=O)c1ccc(N2N=C(C(F)(F)F)C(=Cc3ccc(-c4ccc(Cl)c(Cl)c4)o3)C2=O)cc1. The van der Waals surface area contributed by atoms with Crippen LogP contribution in [-0.4, -0.2) is 26.2 Å². The van der Waals surface area contributed by atoms with E-state index in [4.69, 9.17) is 32.8 Å². The molecule has 34 heavy (non-hydrogen) atoms. The lowest BCUT2D eigenvalue weighted by atomic mass is 10.1. The van der Waals surface area contributed by atoms with Crippen molar-refractivity contribution in [1.29, 1.82) is 0 Å². The normalized spacial score (nSPS) is 15.8. The van der Waals surface area contributed by atoms with E-state index in [1.54, 1.807) is 6.07 Å². The Morgan fingerprint density at radius 1 is 1.00 bits per heavy atom. The third-order valence-electron chi connectivity index (χ3n) is 4.67. The first-order valence-corrected chi connectivity index (χ1v) is 11.6. The molecule has 176 valence electrons. The number of hydrogen-bond acceptors (Lipinski definition) is 5. The Kier molecular flexibility index (Phi) is 6.06. The number of benzene rings is 2. The molecule has 0 unspecified atom stereocenters. The Morgan fingerprint density at radius 3 is 2.26 bits per heavy atom. The molecule has 0 radical (unpaired) electrons. The van der Waals surface area contributed by atoms with Crippen molar-refractivity contribution in [2.24, 2.45) is 10.2 Å². The van der Waals surface area contributed by atoms with Crippen LogP contribution in [-0.2, 0) is 14.8 Å². The molecule has 1 aliphatic rings. The van der Waals surface area contributed by atoms with Crippen LogP contribution in [0, 0.1) is 0 Å². The number of carbonyl (C=O) groups is 1. The molecular formula is C21H12Cl2F3N3O4S. The maximum Gasteiger partial charge on any atom is 0.435 e. The fourth-order valence-electron chi connectivity index (χ4n) is 3.08. The monoisotopic (exact) mass is 529 g/mol. The van der Waals surface area contributed by atoms with E-state index in [-0.39, 0.29) is 27.1 Å². The number of nitrogens with zero attached hydrogens (tertiary/aromatic N) is 2. The lowest BCUT2D eigenvalue weighted by Gasteiger charge is -2.11. The molecule has 0 saturated carbocycles. The second kappa shape index (κ2) is 8.58. The molecule has 1 aromatic heterocycles. The lowest BCUT2D eigenvalue weighted by molar-refractivity contribution is -0.114. The first-order chi connectivity index (χ1) is 15.8. The van der Waals surface area contributed by atoms with Gasteiger partial charge in [-0.2, -0.15) is 23.3 Å². The quantitative estimate of drug-likeness (QED) is 0.465. The van der Waals surface area contributed by atoms with Crippen molar-refractivity contribution < 1.29 is 30.8 Å². The average molecular weight is 530 g/mol. The molecule has 4 rings (SSSR count). The molecule has 0 bridgehead atoms.